The molecule has 0 fully saturated rings. The third-order valence-electron chi connectivity index (χ3n) is 1.95. The Bertz CT molecular complexity index is 375. The van der Waals surface area contributed by atoms with Crippen LogP contribution in [0, 0.1) is 11.6 Å². The van der Waals surface area contributed by atoms with Crippen molar-refractivity contribution in [3.05, 3.63) is 35.4 Å². The summed E-state index contributed by atoms with van der Waals surface area (Å²) in [4.78, 5) is 1.50. The molecule has 82 valence electrons. The van der Waals surface area contributed by atoms with Crippen molar-refractivity contribution in [2.75, 3.05) is 25.6 Å². The summed E-state index contributed by atoms with van der Waals surface area (Å²) in [6, 6.07) is 2.54. The molecule has 2 nitrogen and oxygen atoms in total. The van der Waals surface area contributed by atoms with E-state index in [0.717, 1.165) is 6.07 Å². The molecule has 0 saturated heterocycles. The molecule has 15 heavy (non-hydrogen) atoms. The van der Waals surface area contributed by atoms with Crippen molar-refractivity contribution in [2.45, 2.75) is 0 Å². The van der Waals surface area contributed by atoms with Crippen LogP contribution in [0.1, 0.15) is 5.56 Å². The maximum atomic E-state index is 13.4. The molecule has 0 aliphatic heterocycles. The van der Waals surface area contributed by atoms with Gasteiger partial charge in [-0.2, -0.15) is 0 Å². The molecule has 0 unspecified atom stereocenters. The van der Waals surface area contributed by atoms with Crippen molar-refractivity contribution in [3.8, 4) is 0 Å². The molecule has 0 radical (unpaired) electrons. The fraction of sp³-hybridized carbons (Fsp3) is 0.273. The van der Waals surface area contributed by atoms with E-state index in [-0.39, 0.29) is 12.3 Å². The van der Waals surface area contributed by atoms with Gasteiger partial charge in [-0.25, -0.2) is 8.78 Å². The number of halogens is 2. The lowest BCUT2D eigenvalue weighted by Crippen LogP contribution is -2.13. The van der Waals surface area contributed by atoms with Gasteiger partial charge in [-0.1, -0.05) is 12.2 Å². The maximum Gasteiger partial charge on any atom is 0.182 e. The molecule has 0 spiro atoms. The third-order valence-corrected chi connectivity index (χ3v) is 1.95. The van der Waals surface area contributed by atoms with E-state index in [1.54, 1.807) is 20.2 Å². The van der Waals surface area contributed by atoms with Gasteiger partial charge in [-0.15, -0.1) is 0 Å². The van der Waals surface area contributed by atoms with Crippen LogP contribution in [-0.2, 0) is 0 Å². The van der Waals surface area contributed by atoms with Crippen LogP contribution < -0.4 is 4.90 Å². The van der Waals surface area contributed by atoms with Crippen molar-refractivity contribution >= 4 is 11.8 Å². The highest BCUT2D eigenvalue weighted by Gasteiger charge is 2.13. The summed E-state index contributed by atoms with van der Waals surface area (Å²) in [6.45, 7) is -0.133. The largest absolute Gasteiger partial charge is 0.392 e. The zero-order valence-corrected chi connectivity index (χ0v) is 8.67. The number of aliphatic hydroxyl groups excluding tert-OH is 1. The lowest BCUT2D eigenvalue weighted by molar-refractivity contribution is 0.343. The first-order valence-electron chi connectivity index (χ1n) is 4.50. The number of aliphatic hydroxyl groups is 1. The van der Waals surface area contributed by atoms with Crippen LogP contribution >= 0.6 is 0 Å². The molecule has 0 bridgehead atoms. The van der Waals surface area contributed by atoms with Gasteiger partial charge in [0.2, 0.25) is 0 Å². The Balaban J connectivity index is 3.27. The molecule has 1 N–H and O–H groups in total. The number of nitrogens with zero attached hydrogens (tertiary/aromatic N) is 1. The van der Waals surface area contributed by atoms with E-state index in [4.69, 9.17) is 5.11 Å². The normalized spacial score (nSPS) is 11.0. The molecule has 0 aliphatic rings. The van der Waals surface area contributed by atoms with Gasteiger partial charge >= 0.3 is 0 Å². The van der Waals surface area contributed by atoms with E-state index in [2.05, 4.69) is 0 Å². The Morgan fingerprint density at radius 3 is 2.53 bits per heavy atom. The Hall–Kier alpha value is -1.42. The molecule has 1 rings (SSSR count). The minimum Gasteiger partial charge on any atom is -0.392 e. The second-order valence-electron chi connectivity index (χ2n) is 3.28. The molecule has 4 heteroatoms. The van der Waals surface area contributed by atoms with Crippen LogP contribution in [0.4, 0.5) is 14.5 Å². The van der Waals surface area contributed by atoms with Crippen molar-refractivity contribution < 1.29 is 13.9 Å². The fourth-order valence-corrected chi connectivity index (χ4v) is 1.32. The second-order valence-corrected chi connectivity index (χ2v) is 3.28. The van der Waals surface area contributed by atoms with Crippen molar-refractivity contribution in [1.29, 1.82) is 0 Å². The zero-order chi connectivity index (χ0) is 11.4. The van der Waals surface area contributed by atoms with Crippen LogP contribution in [0.15, 0.2) is 18.2 Å². The minimum atomic E-state index is -0.875. The molecule has 0 heterocycles. The van der Waals surface area contributed by atoms with E-state index in [1.165, 1.54) is 17.0 Å². The van der Waals surface area contributed by atoms with Gasteiger partial charge in [0.15, 0.2) is 11.6 Å². The SMILES string of the molecule is CN(C)c1c(/C=C/CO)ccc(F)c1F. The summed E-state index contributed by atoms with van der Waals surface area (Å²) in [5.41, 5.74) is 0.715. The highest BCUT2D eigenvalue weighted by molar-refractivity contribution is 5.68. The van der Waals surface area contributed by atoms with Crippen LogP contribution in [0.3, 0.4) is 0 Å². The zero-order valence-electron chi connectivity index (χ0n) is 8.67. The highest BCUT2D eigenvalue weighted by atomic mass is 19.2. The van der Waals surface area contributed by atoms with E-state index < -0.39 is 11.6 Å². The summed E-state index contributed by atoms with van der Waals surface area (Å²) < 4.78 is 26.4. The van der Waals surface area contributed by atoms with Gasteiger partial charge in [0.1, 0.15) is 0 Å². The number of hydrogen-bond acceptors (Lipinski definition) is 2. The first-order valence-corrected chi connectivity index (χ1v) is 4.50. The minimum absolute atomic E-state index is 0.133. The number of rotatable bonds is 3. The summed E-state index contributed by atoms with van der Waals surface area (Å²) in [5, 5.41) is 8.61. The predicted octanol–water partition coefficient (Wildman–Crippen LogP) is 2.04. The molecule has 0 amide bonds. The van der Waals surface area contributed by atoms with Gasteiger partial charge < -0.3 is 10.0 Å². The smallest absolute Gasteiger partial charge is 0.182 e. The standard InChI is InChI=1S/C11H13F2NO/c1-14(2)11-8(4-3-7-15)5-6-9(12)10(11)13/h3-6,15H,7H2,1-2H3/b4-3+. The highest BCUT2D eigenvalue weighted by Crippen LogP contribution is 2.25. The van der Waals surface area contributed by atoms with Gasteiger partial charge in [-0.05, 0) is 12.1 Å². The Kier molecular flexibility index (Phi) is 3.80. The molecular formula is C11H13F2NO. The lowest BCUT2D eigenvalue weighted by atomic mass is 10.1. The Morgan fingerprint density at radius 1 is 1.33 bits per heavy atom. The number of anilines is 1. The van der Waals surface area contributed by atoms with Crippen LogP contribution in [0.5, 0.6) is 0 Å². The lowest BCUT2D eigenvalue weighted by Gasteiger charge is -2.16. The average Bonchev–Trinajstić information content (AvgIpc) is 2.19. The molecule has 0 aromatic heterocycles. The summed E-state index contributed by atoms with van der Waals surface area (Å²) in [6.07, 6.45) is 3.03. The van der Waals surface area contributed by atoms with Crippen LogP contribution in [-0.4, -0.2) is 25.8 Å². The molecule has 1 aromatic carbocycles. The van der Waals surface area contributed by atoms with Gasteiger partial charge in [0, 0.05) is 19.7 Å². The van der Waals surface area contributed by atoms with Crippen molar-refractivity contribution in [2.24, 2.45) is 0 Å². The van der Waals surface area contributed by atoms with Gasteiger partial charge in [-0.3, -0.25) is 0 Å². The fourth-order valence-electron chi connectivity index (χ4n) is 1.32. The number of hydrogen-bond donors (Lipinski definition) is 1. The summed E-state index contributed by atoms with van der Waals surface area (Å²) in [5.74, 6) is -1.75. The van der Waals surface area contributed by atoms with E-state index in [0.29, 0.717) is 5.56 Å². The first-order chi connectivity index (χ1) is 7.07. The Labute approximate surface area is 87.5 Å². The quantitative estimate of drug-likeness (QED) is 0.830. The Morgan fingerprint density at radius 2 is 2.00 bits per heavy atom. The topological polar surface area (TPSA) is 23.5 Å². The predicted molar refractivity (Wildman–Crippen MR) is 56.8 cm³/mol. The van der Waals surface area contributed by atoms with Gasteiger partial charge in [0.05, 0.1) is 12.3 Å². The maximum absolute atomic E-state index is 13.4. The average molecular weight is 213 g/mol. The van der Waals surface area contributed by atoms with Gasteiger partial charge in [0.25, 0.3) is 0 Å². The van der Waals surface area contributed by atoms with Crippen molar-refractivity contribution in [3.63, 3.8) is 0 Å². The first kappa shape index (κ1) is 11.7. The monoisotopic (exact) mass is 213 g/mol. The van der Waals surface area contributed by atoms with E-state index in [1.807, 2.05) is 0 Å². The molecule has 1 aromatic rings. The molecular weight excluding hydrogens is 200 g/mol. The van der Waals surface area contributed by atoms with E-state index in [9.17, 15) is 8.78 Å². The molecule has 0 saturated carbocycles. The van der Waals surface area contributed by atoms with E-state index >= 15 is 0 Å². The van der Waals surface area contributed by atoms with Crippen LogP contribution in [0.25, 0.3) is 6.08 Å². The summed E-state index contributed by atoms with van der Waals surface area (Å²) in [7, 11) is 3.27. The molecule has 0 atom stereocenters. The molecule has 0 aliphatic carbocycles. The van der Waals surface area contributed by atoms with Crippen LogP contribution in [0.2, 0.25) is 0 Å². The second kappa shape index (κ2) is 4.89. The third kappa shape index (κ3) is 2.53. The number of benzene rings is 1. The summed E-state index contributed by atoms with van der Waals surface area (Å²) >= 11 is 0. The van der Waals surface area contributed by atoms with Crippen molar-refractivity contribution in [1.82, 2.24) is 0 Å².